The molecule has 0 spiro atoms. The van der Waals surface area contributed by atoms with Crippen molar-refractivity contribution in [2.45, 2.75) is 45.2 Å². The van der Waals surface area contributed by atoms with Gasteiger partial charge in [0.25, 0.3) is 0 Å². The van der Waals surface area contributed by atoms with Crippen molar-refractivity contribution in [3.8, 4) is 5.75 Å². The van der Waals surface area contributed by atoms with Gasteiger partial charge in [-0.1, -0.05) is 12.1 Å². The van der Waals surface area contributed by atoms with Crippen molar-refractivity contribution in [3.63, 3.8) is 0 Å². The van der Waals surface area contributed by atoms with E-state index in [1.807, 2.05) is 24.3 Å². The Morgan fingerprint density at radius 2 is 2.10 bits per heavy atom. The molecule has 0 atom stereocenters. The minimum Gasteiger partial charge on any atom is -0.497 e. The van der Waals surface area contributed by atoms with Gasteiger partial charge in [-0.3, -0.25) is 4.79 Å². The second-order valence-corrected chi connectivity index (χ2v) is 6.00. The van der Waals surface area contributed by atoms with Crippen LogP contribution in [0.3, 0.4) is 0 Å². The highest BCUT2D eigenvalue weighted by molar-refractivity contribution is 5.79. The molecule has 1 aliphatic heterocycles. The van der Waals surface area contributed by atoms with Crippen LogP contribution in [0.15, 0.2) is 24.3 Å². The van der Waals surface area contributed by atoms with E-state index in [4.69, 9.17) is 4.74 Å². The maximum absolute atomic E-state index is 12.1. The van der Waals surface area contributed by atoms with Crippen molar-refractivity contribution in [1.82, 2.24) is 10.2 Å². The van der Waals surface area contributed by atoms with E-state index in [1.54, 1.807) is 7.11 Å². The Labute approximate surface area is 127 Å². The fourth-order valence-electron chi connectivity index (χ4n) is 2.81. The fourth-order valence-corrected chi connectivity index (χ4v) is 2.81. The van der Waals surface area contributed by atoms with Crippen LogP contribution in [0.5, 0.6) is 5.75 Å². The molecule has 2 rings (SSSR count). The van der Waals surface area contributed by atoms with Crippen LogP contribution in [-0.2, 0) is 11.2 Å². The van der Waals surface area contributed by atoms with Crippen molar-refractivity contribution in [1.29, 1.82) is 0 Å². The molecule has 1 fully saturated rings. The number of likely N-dealkylation sites (tertiary alicyclic amines) is 1. The molecule has 0 aliphatic carbocycles. The Morgan fingerprint density at radius 1 is 1.38 bits per heavy atom. The van der Waals surface area contributed by atoms with Crippen LogP contribution in [0, 0.1) is 0 Å². The number of methoxy groups -OCH3 is 1. The first-order valence-corrected chi connectivity index (χ1v) is 7.75. The number of hydrogen-bond donors (Lipinski definition) is 1. The van der Waals surface area contributed by atoms with Gasteiger partial charge >= 0.3 is 0 Å². The number of nitrogens with zero attached hydrogens (tertiary/aromatic N) is 1. The van der Waals surface area contributed by atoms with E-state index in [9.17, 15) is 4.79 Å². The highest BCUT2D eigenvalue weighted by atomic mass is 16.5. The van der Waals surface area contributed by atoms with Crippen LogP contribution < -0.4 is 10.1 Å². The summed E-state index contributed by atoms with van der Waals surface area (Å²) in [5.41, 5.74) is 0.992. The van der Waals surface area contributed by atoms with Crippen LogP contribution in [0.4, 0.5) is 0 Å². The van der Waals surface area contributed by atoms with Gasteiger partial charge in [0.1, 0.15) is 5.75 Å². The molecule has 0 unspecified atom stereocenters. The predicted molar refractivity (Wildman–Crippen MR) is 84.6 cm³/mol. The first-order chi connectivity index (χ1) is 10.1. The fraction of sp³-hybridized carbons (Fsp3) is 0.588. The minimum atomic E-state index is 0.103. The van der Waals surface area contributed by atoms with Gasteiger partial charge in [-0.2, -0.15) is 0 Å². The summed E-state index contributed by atoms with van der Waals surface area (Å²) >= 11 is 0. The van der Waals surface area contributed by atoms with Gasteiger partial charge in [0.2, 0.25) is 5.91 Å². The van der Waals surface area contributed by atoms with Gasteiger partial charge in [-0.05, 0) is 44.4 Å². The first-order valence-electron chi connectivity index (χ1n) is 7.75. The lowest BCUT2D eigenvalue weighted by molar-refractivity contribution is -0.121. The Kier molecular flexibility index (Phi) is 5.62. The SMILES string of the molecule is COc1cccc(CC(=O)NC2CCN(C(C)C)CC2)c1. The van der Waals surface area contributed by atoms with Crippen molar-refractivity contribution in [2.24, 2.45) is 0 Å². The van der Waals surface area contributed by atoms with Crippen molar-refractivity contribution in [3.05, 3.63) is 29.8 Å². The van der Waals surface area contributed by atoms with Gasteiger partial charge in [0, 0.05) is 25.2 Å². The maximum Gasteiger partial charge on any atom is 0.224 e. The molecule has 0 radical (unpaired) electrons. The van der Waals surface area contributed by atoms with Gasteiger partial charge in [0.05, 0.1) is 13.5 Å². The molecular formula is C17H26N2O2. The molecule has 1 heterocycles. The average Bonchev–Trinajstić information content (AvgIpc) is 2.47. The summed E-state index contributed by atoms with van der Waals surface area (Å²) < 4.78 is 5.18. The zero-order chi connectivity index (χ0) is 15.2. The standard InChI is InChI=1S/C17H26N2O2/c1-13(2)19-9-7-15(8-10-19)18-17(20)12-14-5-4-6-16(11-14)21-3/h4-6,11,13,15H,7-10,12H2,1-3H3,(H,18,20). The molecule has 4 heteroatoms. The molecule has 1 saturated heterocycles. The zero-order valence-electron chi connectivity index (χ0n) is 13.3. The van der Waals surface area contributed by atoms with Crippen molar-refractivity contribution in [2.75, 3.05) is 20.2 Å². The van der Waals surface area contributed by atoms with E-state index in [2.05, 4.69) is 24.1 Å². The van der Waals surface area contributed by atoms with Crippen LogP contribution in [0.1, 0.15) is 32.3 Å². The number of carbonyl (C=O) groups excluding carboxylic acids is 1. The molecule has 1 aromatic carbocycles. The van der Waals surface area contributed by atoms with Crippen LogP contribution in [-0.4, -0.2) is 43.1 Å². The lowest BCUT2D eigenvalue weighted by Gasteiger charge is -2.34. The number of ether oxygens (including phenoxy) is 1. The molecule has 21 heavy (non-hydrogen) atoms. The average molecular weight is 290 g/mol. The number of hydrogen-bond acceptors (Lipinski definition) is 3. The van der Waals surface area contributed by atoms with Crippen LogP contribution in [0.25, 0.3) is 0 Å². The molecule has 4 nitrogen and oxygen atoms in total. The second-order valence-electron chi connectivity index (χ2n) is 6.00. The molecule has 0 aromatic heterocycles. The quantitative estimate of drug-likeness (QED) is 0.904. The second kappa shape index (κ2) is 7.46. The highest BCUT2D eigenvalue weighted by Crippen LogP contribution is 2.15. The summed E-state index contributed by atoms with van der Waals surface area (Å²) in [6, 6.07) is 8.60. The third kappa shape index (κ3) is 4.74. The van der Waals surface area contributed by atoms with Gasteiger partial charge in [-0.15, -0.1) is 0 Å². The molecule has 0 saturated carbocycles. The molecule has 116 valence electrons. The number of piperidine rings is 1. The maximum atomic E-state index is 12.1. The zero-order valence-corrected chi connectivity index (χ0v) is 13.3. The van der Waals surface area contributed by atoms with E-state index in [1.165, 1.54) is 0 Å². The third-order valence-corrected chi connectivity index (χ3v) is 4.12. The Balaban J connectivity index is 1.80. The number of nitrogens with one attached hydrogen (secondary N) is 1. The van der Waals surface area contributed by atoms with Gasteiger partial charge in [-0.25, -0.2) is 0 Å². The Hall–Kier alpha value is -1.55. The molecule has 1 aliphatic rings. The normalized spacial score (nSPS) is 17.0. The summed E-state index contributed by atoms with van der Waals surface area (Å²) in [5.74, 6) is 0.900. The number of rotatable bonds is 5. The van der Waals surface area contributed by atoms with Gasteiger partial charge < -0.3 is 15.0 Å². The summed E-state index contributed by atoms with van der Waals surface area (Å²) in [6.07, 6.45) is 2.51. The summed E-state index contributed by atoms with van der Waals surface area (Å²) in [7, 11) is 1.64. The van der Waals surface area contributed by atoms with Crippen LogP contribution in [0.2, 0.25) is 0 Å². The molecule has 1 amide bonds. The van der Waals surface area contributed by atoms with Crippen molar-refractivity contribution < 1.29 is 9.53 Å². The van der Waals surface area contributed by atoms with Crippen molar-refractivity contribution >= 4 is 5.91 Å². The van der Waals surface area contributed by atoms with E-state index in [-0.39, 0.29) is 5.91 Å². The van der Waals surface area contributed by atoms with E-state index in [0.29, 0.717) is 18.5 Å². The summed E-state index contributed by atoms with van der Waals surface area (Å²) in [6.45, 7) is 6.59. The highest BCUT2D eigenvalue weighted by Gasteiger charge is 2.21. The number of benzene rings is 1. The topological polar surface area (TPSA) is 41.6 Å². The molecule has 0 bridgehead atoms. The van der Waals surface area contributed by atoms with Crippen LogP contribution >= 0.6 is 0 Å². The lowest BCUT2D eigenvalue weighted by atomic mass is 10.0. The molecular weight excluding hydrogens is 264 g/mol. The number of carbonyl (C=O) groups is 1. The lowest BCUT2D eigenvalue weighted by Crippen LogP contribution is -2.46. The van der Waals surface area contributed by atoms with Gasteiger partial charge in [0.15, 0.2) is 0 Å². The molecule has 1 N–H and O–H groups in total. The number of amides is 1. The third-order valence-electron chi connectivity index (χ3n) is 4.12. The summed E-state index contributed by atoms with van der Waals surface area (Å²) in [4.78, 5) is 14.6. The first kappa shape index (κ1) is 15.8. The predicted octanol–water partition coefficient (Wildman–Crippen LogP) is 2.23. The Morgan fingerprint density at radius 3 is 2.71 bits per heavy atom. The van der Waals surface area contributed by atoms with E-state index < -0.39 is 0 Å². The Bertz CT molecular complexity index is 466. The van der Waals surface area contributed by atoms with E-state index >= 15 is 0 Å². The van der Waals surface area contributed by atoms with E-state index in [0.717, 1.165) is 37.2 Å². The smallest absolute Gasteiger partial charge is 0.224 e. The monoisotopic (exact) mass is 290 g/mol. The summed E-state index contributed by atoms with van der Waals surface area (Å²) in [5, 5.41) is 3.16. The largest absolute Gasteiger partial charge is 0.497 e. The molecule has 1 aromatic rings. The minimum absolute atomic E-state index is 0.103.